The lowest BCUT2D eigenvalue weighted by molar-refractivity contribution is -0.116. The lowest BCUT2D eigenvalue weighted by Crippen LogP contribution is -2.40. The van der Waals surface area contributed by atoms with Crippen molar-refractivity contribution in [3.05, 3.63) is 24.3 Å². The summed E-state index contributed by atoms with van der Waals surface area (Å²) in [5, 5.41) is 2.90. The molecule has 4 heteroatoms. The number of benzene rings is 1. The van der Waals surface area contributed by atoms with E-state index in [0.717, 1.165) is 24.6 Å². The van der Waals surface area contributed by atoms with E-state index >= 15 is 0 Å². The highest BCUT2D eigenvalue weighted by Gasteiger charge is 2.22. The Hall–Kier alpha value is -1.55. The van der Waals surface area contributed by atoms with Crippen molar-refractivity contribution in [1.82, 2.24) is 4.90 Å². The highest BCUT2D eigenvalue weighted by Crippen LogP contribution is 2.22. The van der Waals surface area contributed by atoms with E-state index in [0.29, 0.717) is 18.2 Å². The van der Waals surface area contributed by atoms with Gasteiger partial charge in [0.1, 0.15) is 0 Å². The first-order chi connectivity index (χ1) is 10.0. The average molecular weight is 289 g/mol. The van der Waals surface area contributed by atoms with Crippen LogP contribution in [0.4, 0.5) is 11.4 Å². The van der Waals surface area contributed by atoms with E-state index in [1.165, 1.54) is 19.4 Å². The molecule has 1 aliphatic heterocycles. The third-order valence-electron chi connectivity index (χ3n) is 4.30. The molecule has 1 fully saturated rings. The van der Waals surface area contributed by atoms with Crippen LogP contribution in [-0.4, -0.2) is 29.9 Å². The normalized spacial score (nSPS) is 23.0. The van der Waals surface area contributed by atoms with Crippen LogP contribution in [0.2, 0.25) is 0 Å². The van der Waals surface area contributed by atoms with Crippen LogP contribution in [0.25, 0.3) is 0 Å². The molecule has 0 aromatic heterocycles. The van der Waals surface area contributed by atoms with Crippen molar-refractivity contribution in [3.8, 4) is 0 Å². The van der Waals surface area contributed by atoms with Gasteiger partial charge in [0.05, 0.1) is 0 Å². The molecule has 1 saturated heterocycles. The first-order valence-electron chi connectivity index (χ1n) is 7.94. The molecule has 1 aromatic rings. The predicted octanol–water partition coefficient (Wildman–Crippen LogP) is 3.11. The van der Waals surface area contributed by atoms with Crippen LogP contribution in [0, 0.1) is 5.92 Å². The first kappa shape index (κ1) is 15.8. The lowest BCUT2D eigenvalue weighted by Gasteiger charge is -2.36. The molecule has 0 spiro atoms. The van der Waals surface area contributed by atoms with Gasteiger partial charge in [-0.3, -0.25) is 4.79 Å². The second kappa shape index (κ2) is 7.46. The molecule has 116 valence electrons. The van der Waals surface area contributed by atoms with Crippen LogP contribution in [0.5, 0.6) is 0 Å². The monoisotopic (exact) mass is 289 g/mol. The Morgan fingerprint density at radius 1 is 1.43 bits per heavy atom. The molecule has 1 aliphatic rings. The molecule has 0 bridgehead atoms. The average Bonchev–Trinajstić information content (AvgIpc) is 2.41. The van der Waals surface area contributed by atoms with Gasteiger partial charge in [-0.2, -0.15) is 0 Å². The van der Waals surface area contributed by atoms with Crippen molar-refractivity contribution < 1.29 is 4.79 Å². The summed E-state index contributed by atoms with van der Waals surface area (Å²) < 4.78 is 0. The molecule has 4 nitrogen and oxygen atoms in total. The molecule has 1 aromatic carbocycles. The number of piperidine rings is 1. The van der Waals surface area contributed by atoms with E-state index in [-0.39, 0.29) is 5.91 Å². The van der Waals surface area contributed by atoms with Gasteiger partial charge in [-0.1, -0.05) is 13.0 Å². The molecule has 2 rings (SSSR count). The summed E-state index contributed by atoms with van der Waals surface area (Å²) >= 11 is 0. The molecule has 2 unspecified atom stereocenters. The Kier molecular flexibility index (Phi) is 5.62. The quantitative estimate of drug-likeness (QED) is 0.819. The third kappa shape index (κ3) is 5.05. The summed E-state index contributed by atoms with van der Waals surface area (Å²) in [4.78, 5) is 14.4. The van der Waals surface area contributed by atoms with Crippen LogP contribution in [0.15, 0.2) is 24.3 Å². The van der Waals surface area contributed by atoms with Crippen LogP contribution in [0.1, 0.15) is 39.5 Å². The van der Waals surface area contributed by atoms with Gasteiger partial charge in [0.15, 0.2) is 0 Å². The van der Waals surface area contributed by atoms with Crippen molar-refractivity contribution in [1.29, 1.82) is 0 Å². The number of hydrogen-bond donors (Lipinski definition) is 2. The third-order valence-corrected chi connectivity index (χ3v) is 4.30. The van der Waals surface area contributed by atoms with E-state index in [4.69, 9.17) is 5.73 Å². The first-order valence-corrected chi connectivity index (χ1v) is 7.94. The summed E-state index contributed by atoms with van der Waals surface area (Å²) in [6, 6.07) is 7.95. The minimum Gasteiger partial charge on any atom is -0.399 e. The minimum atomic E-state index is 0.0682. The number of carbonyl (C=O) groups is 1. The van der Waals surface area contributed by atoms with Gasteiger partial charge in [0.2, 0.25) is 5.91 Å². The maximum Gasteiger partial charge on any atom is 0.224 e. The van der Waals surface area contributed by atoms with E-state index in [2.05, 4.69) is 24.1 Å². The maximum absolute atomic E-state index is 11.9. The second-order valence-electron chi connectivity index (χ2n) is 6.29. The number of nitrogens with zero attached hydrogens (tertiary/aromatic N) is 1. The molecular formula is C17H27N3O. The van der Waals surface area contributed by atoms with E-state index in [1.807, 2.05) is 18.2 Å². The zero-order chi connectivity index (χ0) is 15.2. The van der Waals surface area contributed by atoms with Gasteiger partial charge in [0, 0.05) is 23.8 Å². The number of anilines is 2. The topological polar surface area (TPSA) is 58.4 Å². The molecule has 0 aliphatic carbocycles. The lowest BCUT2D eigenvalue weighted by atomic mass is 9.93. The van der Waals surface area contributed by atoms with Crippen molar-refractivity contribution >= 4 is 17.3 Å². The standard InChI is InChI=1S/C17H27N3O/c1-13-8-10-20(14(2)11-13)9-4-7-17(21)19-16-6-3-5-15(18)12-16/h3,5-6,12-14H,4,7-11,18H2,1-2H3,(H,19,21). The van der Waals surface area contributed by atoms with Crippen LogP contribution < -0.4 is 11.1 Å². The number of likely N-dealkylation sites (tertiary alicyclic amines) is 1. The highest BCUT2D eigenvalue weighted by molar-refractivity contribution is 5.91. The Morgan fingerprint density at radius 3 is 2.95 bits per heavy atom. The number of rotatable bonds is 5. The predicted molar refractivity (Wildman–Crippen MR) is 88.2 cm³/mol. The van der Waals surface area contributed by atoms with Gasteiger partial charge >= 0.3 is 0 Å². The van der Waals surface area contributed by atoms with Crippen molar-refractivity contribution in [3.63, 3.8) is 0 Å². The van der Waals surface area contributed by atoms with Crippen LogP contribution in [0.3, 0.4) is 0 Å². The smallest absolute Gasteiger partial charge is 0.224 e. The molecule has 2 atom stereocenters. The molecule has 21 heavy (non-hydrogen) atoms. The summed E-state index contributed by atoms with van der Waals surface area (Å²) in [5.41, 5.74) is 7.15. The van der Waals surface area contributed by atoms with Crippen LogP contribution in [-0.2, 0) is 4.79 Å². The Morgan fingerprint density at radius 2 is 2.24 bits per heavy atom. The molecule has 1 amide bonds. The molecule has 0 radical (unpaired) electrons. The Balaban J connectivity index is 1.70. The van der Waals surface area contributed by atoms with E-state index in [9.17, 15) is 4.79 Å². The largest absolute Gasteiger partial charge is 0.399 e. The fourth-order valence-corrected chi connectivity index (χ4v) is 3.07. The number of nitrogens with two attached hydrogens (primary N) is 1. The molecule has 3 N–H and O–H groups in total. The number of nitrogens with one attached hydrogen (secondary N) is 1. The molecule has 1 heterocycles. The van der Waals surface area contributed by atoms with Gasteiger partial charge in [-0.15, -0.1) is 0 Å². The number of nitrogen functional groups attached to an aromatic ring is 1. The van der Waals surface area contributed by atoms with E-state index < -0.39 is 0 Å². The SMILES string of the molecule is CC1CCN(CCCC(=O)Nc2cccc(N)c2)C(C)C1. The molecular weight excluding hydrogens is 262 g/mol. The summed E-state index contributed by atoms with van der Waals surface area (Å²) in [6.07, 6.45) is 4.02. The summed E-state index contributed by atoms with van der Waals surface area (Å²) in [5.74, 6) is 0.904. The zero-order valence-electron chi connectivity index (χ0n) is 13.1. The molecule has 0 saturated carbocycles. The van der Waals surface area contributed by atoms with Gasteiger partial charge in [0.25, 0.3) is 0 Å². The fraction of sp³-hybridized carbons (Fsp3) is 0.588. The minimum absolute atomic E-state index is 0.0682. The van der Waals surface area contributed by atoms with Gasteiger partial charge < -0.3 is 16.0 Å². The van der Waals surface area contributed by atoms with E-state index in [1.54, 1.807) is 6.07 Å². The summed E-state index contributed by atoms with van der Waals surface area (Å²) in [6.45, 7) is 6.80. The highest BCUT2D eigenvalue weighted by atomic mass is 16.1. The fourth-order valence-electron chi connectivity index (χ4n) is 3.07. The van der Waals surface area contributed by atoms with Crippen molar-refractivity contribution in [2.45, 2.75) is 45.6 Å². The number of carbonyl (C=O) groups excluding carboxylic acids is 1. The van der Waals surface area contributed by atoms with Gasteiger partial charge in [-0.25, -0.2) is 0 Å². The zero-order valence-corrected chi connectivity index (χ0v) is 13.1. The Labute approximate surface area is 127 Å². The van der Waals surface area contributed by atoms with Crippen LogP contribution >= 0.6 is 0 Å². The van der Waals surface area contributed by atoms with Gasteiger partial charge in [-0.05, 0) is 63.4 Å². The second-order valence-corrected chi connectivity index (χ2v) is 6.29. The van der Waals surface area contributed by atoms with Crippen molar-refractivity contribution in [2.75, 3.05) is 24.1 Å². The van der Waals surface area contributed by atoms with Crippen molar-refractivity contribution in [2.24, 2.45) is 5.92 Å². The Bertz CT molecular complexity index is 475. The number of amides is 1. The number of hydrogen-bond acceptors (Lipinski definition) is 3. The summed E-state index contributed by atoms with van der Waals surface area (Å²) in [7, 11) is 0. The maximum atomic E-state index is 11.9.